The molecular weight excluding hydrogens is 354 g/mol. The van der Waals surface area contributed by atoms with Crippen molar-refractivity contribution in [2.24, 2.45) is 0 Å². The molecule has 2 rings (SSSR count). The molecule has 2 aromatic rings. The highest BCUT2D eigenvalue weighted by Crippen LogP contribution is 2.44. The van der Waals surface area contributed by atoms with E-state index >= 15 is 0 Å². The molecule has 0 atom stereocenters. The van der Waals surface area contributed by atoms with Crippen LogP contribution in [-0.2, 0) is 6.42 Å². The molecule has 0 aliphatic heterocycles. The number of nitriles is 1. The van der Waals surface area contributed by atoms with E-state index in [1.54, 1.807) is 0 Å². The van der Waals surface area contributed by atoms with E-state index in [1.807, 2.05) is 6.07 Å². The number of benzene rings is 1. The van der Waals surface area contributed by atoms with Gasteiger partial charge in [-0.15, -0.1) is 0 Å². The molecule has 0 fully saturated rings. The van der Waals surface area contributed by atoms with Crippen LogP contribution in [0.2, 0.25) is 20.2 Å². The standard InChI is InChI=1S/C13H4Cl4N4/c1-19-13-11(16)8(3-18)7(10(15)12(13)17)2-6-4-20-5-9(14)21-6/h4-5H,2H2. The third kappa shape index (κ3) is 3.05. The first-order valence-corrected chi connectivity index (χ1v) is 6.94. The van der Waals surface area contributed by atoms with E-state index in [0.29, 0.717) is 11.3 Å². The van der Waals surface area contributed by atoms with Crippen molar-refractivity contribution in [2.75, 3.05) is 0 Å². The van der Waals surface area contributed by atoms with Crippen LogP contribution in [0.15, 0.2) is 12.4 Å². The minimum Gasteiger partial charge on any atom is -0.260 e. The molecule has 0 amide bonds. The Balaban J connectivity index is 2.65. The highest BCUT2D eigenvalue weighted by Gasteiger charge is 2.21. The summed E-state index contributed by atoms with van der Waals surface area (Å²) in [7, 11) is 0. The van der Waals surface area contributed by atoms with E-state index in [4.69, 9.17) is 53.0 Å². The minimum absolute atomic E-state index is 0.0145. The van der Waals surface area contributed by atoms with Crippen molar-refractivity contribution >= 4 is 52.1 Å². The quantitative estimate of drug-likeness (QED) is 0.554. The number of halogens is 4. The molecule has 1 aromatic heterocycles. The summed E-state index contributed by atoms with van der Waals surface area (Å²) >= 11 is 24.0. The summed E-state index contributed by atoms with van der Waals surface area (Å²) in [5.74, 6) is 0. The lowest BCUT2D eigenvalue weighted by molar-refractivity contribution is 1.03. The van der Waals surface area contributed by atoms with Crippen molar-refractivity contribution in [3.63, 3.8) is 0 Å². The highest BCUT2D eigenvalue weighted by atomic mass is 35.5. The largest absolute Gasteiger partial charge is 0.260 e. The van der Waals surface area contributed by atoms with Crippen LogP contribution in [-0.4, -0.2) is 9.97 Å². The van der Waals surface area contributed by atoms with Gasteiger partial charge in [0.05, 0.1) is 45.2 Å². The zero-order valence-electron chi connectivity index (χ0n) is 10.2. The average Bonchev–Trinajstić information content (AvgIpc) is 2.45. The highest BCUT2D eigenvalue weighted by molar-refractivity contribution is 6.47. The van der Waals surface area contributed by atoms with E-state index in [9.17, 15) is 5.26 Å². The smallest absolute Gasteiger partial charge is 0.226 e. The molecule has 104 valence electrons. The Labute approximate surface area is 140 Å². The number of hydrogen-bond donors (Lipinski definition) is 0. The van der Waals surface area contributed by atoms with Crippen molar-refractivity contribution in [2.45, 2.75) is 6.42 Å². The van der Waals surface area contributed by atoms with Gasteiger partial charge in [-0.2, -0.15) is 5.26 Å². The zero-order chi connectivity index (χ0) is 15.6. The summed E-state index contributed by atoms with van der Waals surface area (Å²) < 4.78 is 0. The van der Waals surface area contributed by atoms with Crippen molar-refractivity contribution in [3.8, 4) is 6.07 Å². The van der Waals surface area contributed by atoms with Gasteiger partial charge in [0.2, 0.25) is 5.69 Å². The lowest BCUT2D eigenvalue weighted by atomic mass is 10.0. The Kier molecular flexibility index (Phi) is 4.88. The Morgan fingerprint density at radius 3 is 2.43 bits per heavy atom. The normalized spacial score (nSPS) is 10.0. The Bertz CT molecular complexity index is 805. The zero-order valence-corrected chi connectivity index (χ0v) is 13.2. The summed E-state index contributed by atoms with van der Waals surface area (Å²) in [6, 6.07) is 1.94. The summed E-state index contributed by atoms with van der Waals surface area (Å²) in [6.07, 6.45) is 3.06. The molecule has 0 spiro atoms. The molecule has 4 nitrogen and oxygen atoms in total. The molecule has 21 heavy (non-hydrogen) atoms. The molecule has 1 aromatic carbocycles. The monoisotopic (exact) mass is 356 g/mol. The van der Waals surface area contributed by atoms with Gasteiger partial charge >= 0.3 is 0 Å². The number of aromatic nitrogens is 2. The first-order valence-electron chi connectivity index (χ1n) is 5.42. The summed E-state index contributed by atoms with van der Waals surface area (Å²) in [6.45, 7) is 7.06. The molecule has 0 saturated carbocycles. The predicted octanol–water partition coefficient (Wildman–Crippen LogP) is 5.10. The fourth-order valence-electron chi connectivity index (χ4n) is 1.72. The summed E-state index contributed by atoms with van der Waals surface area (Å²) in [4.78, 5) is 11.2. The van der Waals surface area contributed by atoms with Gasteiger partial charge in [0.15, 0.2) is 0 Å². The topological polar surface area (TPSA) is 53.9 Å². The van der Waals surface area contributed by atoms with Crippen LogP contribution in [0.5, 0.6) is 0 Å². The molecule has 8 heteroatoms. The van der Waals surface area contributed by atoms with E-state index < -0.39 is 0 Å². The number of hydrogen-bond acceptors (Lipinski definition) is 3. The van der Waals surface area contributed by atoms with Crippen LogP contribution >= 0.6 is 46.4 Å². The van der Waals surface area contributed by atoms with E-state index in [2.05, 4.69) is 14.8 Å². The van der Waals surface area contributed by atoms with Crippen LogP contribution in [0.25, 0.3) is 4.85 Å². The van der Waals surface area contributed by atoms with Crippen molar-refractivity contribution < 1.29 is 0 Å². The van der Waals surface area contributed by atoms with Gasteiger partial charge in [-0.3, -0.25) is 4.98 Å². The average molecular weight is 358 g/mol. The first-order chi connectivity index (χ1) is 9.99. The lowest BCUT2D eigenvalue weighted by Crippen LogP contribution is -1.99. The van der Waals surface area contributed by atoms with Gasteiger partial charge in [0, 0.05) is 12.6 Å². The maximum Gasteiger partial charge on any atom is 0.226 e. The van der Waals surface area contributed by atoms with Gasteiger partial charge in [0.25, 0.3) is 0 Å². The van der Waals surface area contributed by atoms with Crippen LogP contribution in [0, 0.1) is 17.9 Å². The third-order valence-corrected chi connectivity index (χ3v) is 4.06. The van der Waals surface area contributed by atoms with Crippen LogP contribution in [0.1, 0.15) is 16.8 Å². The van der Waals surface area contributed by atoms with Crippen LogP contribution in [0.4, 0.5) is 5.69 Å². The van der Waals surface area contributed by atoms with Gasteiger partial charge in [0.1, 0.15) is 5.15 Å². The second-order valence-electron chi connectivity index (χ2n) is 3.88. The number of nitrogens with zero attached hydrogens (tertiary/aromatic N) is 4. The van der Waals surface area contributed by atoms with E-state index in [0.717, 1.165) is 0 Å². The van der Waals surface area contributed by atoms with Crippen LogP contribution in [0.3, 0.4) is 0 Å². The summed E-state index contributed by atoms with van der Waals surface area (Å²) in [5.41, 5.74) is 0.946. The molecular formula is C13H4Cl4N4. The third-order valence-electron chi connectivity index (χ3n) is 2.63. The van der Waals surface area contributed by atoms with E-state index in [1.165, 1.54) is 12.4 Å². The fourth-order valence-corrected chi connectivity index (χ4v) is 2.73. The lowest BCUT2D eigenvalue weighted by Gasteiger charge is -2.12. The minimum atomic E-state index is -0.0409. The maximum atomic E-state index is 9.27. The predicted molar refractivity (Wildman–Crippen MR) is 82.3 cm³/mol. The molecule has 0 aliphatic rings. The van der Waals surface area contributed by atoms with Crippen molar-refractivity contribution in [1.29, 1.82) is 5.26 Å². The van der Waals surface area contributed by atoms with Gasteiger partial charge in [-0.1, -0.05) is 46.4 Å². The number of rotatable bonds is 2. The first kappa shape index (κ1) is 15.8. The van der Waals surface area contributed by atoms with Gasteiger partial charge in [-0.05, 0) is 5.56 Å². The van der Waals surface area contributed by atoms with Crippen molar-refractivity contribution in [3.05, 3.63) is 60.9 Å². The maximum absolute atomic E-state index is 9.27. The SMILES string of the molecule is [C-]#[N+]c1c(Cl)c(Cl)c(Cc2cncc(Cl)n2)c(C#N)c1Cl. The Morgan fingerprint density at radius 1 is 1.14 bits per heavy atom. The molecule has 0 saturated heterocycles. The fraction of sp³-hybridized carbons (Fsp3) is 0.0769. The van der Waals surface area contributed by atoms with E-state index in [-0.39, 0.29) is 37.9 Å². The molecule has 0 aliphatic carbocycles. The molecule has 0 N–H and O–H groups in total. The van der Waals surface area contributed by atoms with Gasteiger partial charge in [-0.25, -0.2) is 9.83 Å². The van der Waals surface area contributed by atoms with Crippen molar-refractivity contribution in [1.82, 2.24) is 9.97 Å². The second-order valence-corrected chi connectivity index (χ2v) is 5.40. The molecule has 0 unspecified atom stereocenters. The molecule has 0 radical (unpaired) electrons. The second kappa shape index (κ2) is 6.47. The molecule has 0 bridgehead atoms. The Morgan fingerprint density at radius 2 is 1.86 bits per heavy atom. The van der Waals surface area contributed by atoms with Gasteiger partial charge < -0.3 is 0 Å². The van der Waals surface area contributed by atoms with Crippen LogP contribution < -0.4 is 0 Å². The molecule has 1 heterocycles. The summed E-state index contributed by atoms with van der Waals surface area (Å²) in [5, 5.41) is 9.58. The Hall–Kier alpha value is -1.56.